The molecule has 1 aliphatic rings. The maximum Gasteiger partial charge on any atom is 0.225 e. The number of hydrogen-bond acceptors (Lipinski definition) is 6. The van der Waals surface area contributed by atoms with E-state index in [1.165, 1.54) is 32.4 Å². The van der Waals surface area contributed by atoms with Gasteiger partial charge < -0.3 is 15.8 Å². The van der Waals surface area contributed by atoms with Crippen molar-refractivity contribution in [2.24, 2.45) is 0 Å². The zero-order valence-electron chi connectivity index (χ0n) is 11.6. The first-order valence-electron chi connectivity index (χ1n) is 7.01. The second-order valence-corrected chi connectivity index (χ2v) is 4.73. The second-order valence-electron chi connectivity index (χ2n) is 4.73. The van der Waals surface area contributed by atoms with Gasteiger partial charge in [0, 0.05) is 19.2 Å². The molecule has 0 aromatic carbocycles. The molecule has 0 aliphatic carbocycles. The summed E-state index contributed by atoms with van der Waals surface area (Å²) in [5, 5.41) is 3.11. The smallest absolute Gasteiger partial charge is 0.225 e. The third kappa shape index (κ3) is 4.55. The van der Waals surface area contributed by atoms with Crippen LogP contribution >= 0.6 is 0 Å². The zero-order chi connectivity index (χ0) is 13.5. The summed E-state index contributed by atoms with van der Waals surface area (Å²) >= 11 is 0. The number of nitrogens with one attached hydrogen (secondary N) is 1. The van der Waals surface area contributed by atoms with Crippen LogP contribution in [-0.4, -0.2) is 47.7 Å². The molecule has 1 fully saturated rings. The molecule has 0 radical (unpaired) electrons. The first kappa shape index (κ1) is 13.9. The van der Waals surface area contributed by atoms with Gasteiger partial charge in [0.25, 0.3) is 0 Å². The van der Waals surface area contributed by atoms with E-state index in [1.54, 1.807) is 6.07 Å². The highest BCUT2D eigenvalue weighted by Crippen LogP contribution is 2.14. The molecule has 2 rings (SSSR count). The molecule has 3 N–H and O–H groups in total. The number of nitrogens with zero attached hydrogens (tertiary/aromatic N) is 3. The molecular weight excluding hydrogens is 242 g/mol. The molecule has 0 bridgehead atoms. The normalized spacial score (nSPS) is 16.3. The molecule has 1 saturated heterocycles. The number of aromatic nitrogens is 2. The fraction of sp³-hybridized carbons (Fsp3) is 0.692. The van der Waals surface area contributed by atoms with Crippen LogP contribution < -0.4 is 15.8 Å². The van der Waals surface area contributed by atoms with Gasteiger partial charge in [0.15, 0.2) is 0 Å². The molecule has 0 atom stereocenters. The van der Waals surface area contributed by atoms with Crippen LogP contribution in [0.3, 0.4) is 0 Å². The Morgan fingerprint density at radius 3 is 2.84 bits per heavy atom. The van der Waals surface area contributed by atoms with Gasteiger partial charge in [-0.3, -0.25) is 4.90 Å². The quantitative estimate of drug-likeness (QED) is 0.808. The van der Waals surface area contributed by atoms with E-state index in [0.29, 0.717) is 18.3 Å². The number of anilines is 2. The van der Waals surface area contributed by atoms with Crippen LogP contribution in [0.1, 0.15) is 26.2 Å². The second kappa shape index (κ2) is 7.13. The lowest BCUT2D eigenvalue weighted by molar-refractivity contribution is 0.180. The van der Waals surface area contributed by atoms with E-state index < -0.39 is 0 Å². The molecule has 2 heterocycles. The van der Waals surface area contributed by atoms with E-state index >= 15 is 0 Å². The van der Waals surface area contributed by atoms with Gasteiger partial charge in [0.2, 0.25) is 11.8 Å². The van der Waals surface area contributed by atoms with Crippen molar-refractivity contribution in [3.05, 3.63) is 6.07 Å². The number of rotatable bonds is 6. The summed E-state index contributed by atoms with van der Waals surface area (Å²) < 4.78 is 5.66. The largest absolute Gasteiger partial charge is 0.476 e. The Bertz CT molecular complexity index is 393. The molecule has 0 unspecified atom stereocenters. The summed E-state index contributed by atoms with van der Waals surface area (Å²) in [4.78, 5) is 10.6. The van der Waals surface area contributed by atoms with Crippen molar-refractivity contribution in [2.75, 3.05) is 43.8 Å². The van der Waals surface area contributed by atoms with Crippen molar-refractivity contribution in [1.82, 2.24) is 14.9 Å². The highest BCUT2D eigenvalue weighted by atomic mass is 16.5. The maximum atomic E-state index is 5.66. The van der Waals surface area contributed by atoms with E-state index in [9.17, 15) is 0 Å². The fourth-order valence-electron chi connectivity index (χ4n) is 2.25. The number of piperidine rings is 1. The SMILES string of the molecule is CCNc1cc(OCCN2CCCCC2)nc(N)n1. The van der Waals surface area contributed by atoms with Gasteiger partial charge in [0.1, 0.15) is 12.4 Å². The van der Waals surface area contributed by atoms with Crippen LogP contribution in [0.4, 0.5) is 11.8 Å². The first-order chi connectivity index (χ1) is 9.28. The zero-order valence-corrected chi connectivity index (χ0v) is 11.6. The molecule has 0 amide bonds. The van der Waals surface area contributed by atoms with Crippen molar-refractivity contribution < 1.29 is 4.74 Å². The van der Waals surface area contributed by atoms with Crippen molar-refractivity contribution in [2.45, 2.75) is 26.2 Å². The van der Waals surface area contributed by atoms with Gasteiger partial charge >= 0.3 is 0 Å². The molecule has 106 valence electrons. The summed E-state index contributed by atoms with van der Waals surface area (Å²) in [6.45, 7) is 6.75. The Hall–Kier alpha value is -1.56. The fourth-order valence-corrected chi connectivity index (χ4v) is 2.25. The number of likely N-dealkylation sites (tertiary alicyclic amines) is 1. The van der Waals surface area contributed by atoms with Gasteiger partial charge in [-0.05, 0) is 32.9 Å². The van der Waals surface area contributed by atoms with Crippen LogP contribution in [0.25, 0.3) is 0 Å². The van der Waals surface area contributed by atoms with Crippen molar-refractivity contribution in [3.8, 4) is 5.88 Å². The van der Waals surface area contributed by atoms with Crippen molar-refractivity contribution in [3.63, 3.8) is 0 Å². The number of hydrogen-bond donors (Lipinski definition) is 2. The lowest BCUT2D eigenvalue weighted by Gasteiger charge is -2.26. The monoisotopic (exact) mass is 265 g/mol. The minimum atomic E-state index is 0.242. The van der Waals surface area contributed by atoms with E-state index in [-0.39, 0.29) is 5.95 Å². The van der Waals surface area contributed by atoms with Crippen LogP contribution in [0, 0.1) is 0 Å². The van der Waals surface area contributed by atoms with E-state index in [4.69, 9.17) is 10.5 Å². The van der Waals surface area contributed by atoms with E-state index in [0.717, 1.165) is 13.1 Å². The minimum Gasteiger partial charge on any atom is -0.476 e. The van der Waals surface area contributed by atoms with Crippen LogP contribution in [-0.2, 0) is 0 Å². The minimum absolute atomic E-state index is 0.242. The lowest BCUT2D eigenvalue weighted by Crippen LogP contribution is -2.33. The van der Waals surface area contributed by atoms with Crippen LogP contribution in [0.15, 0.2) is 6.07 Å². The van der Waals surface area contributed by atoms with Gasteiger partial charge in [0.05, 0.1) is 0 Å². The molecule has 19 heavy (non-hydrogen) atoms. The predicted octanol–water partition coefficient (Wildman–Crippen LogP) is 1.36. The Morgan fingerprint density at radius 2 is 2.11 bits per heavy atom. The predicted molar refractivity (Wildman–Crippen MR) is 76.4 cm³/mol. The molecule has 1 aliphatic heterocycles. The molecule has 6 heteroatoms. The summed E-state index contributed by atoms with van der Waals surface area (Å²) in [6.07, 6.45) is 3.95. The number of nitrogen functional groups attached to an aromatic ring is 1. The summed E-state index contributed by atoms with van der Waals surface area (Å²) in [5.74, 6) is 1.50. The Morgan fingerprint density at radius 1 is 1.32 bits per heavy atom. The number of nitrogens with two attached hydrogens (primary N) is 1. The molecule has 0 spiro atoms. The van der Waals surface area contributed by atoms with Crippen LogP contribution in [0.2, 0.25) is 0 Å². The highest BCUT2D eigenvalue weighted by Gasteiger charge is 2.10. The van der Waals surface area contributed by atoms with Gasteiger partial charge in [-0.1, -0.05) is 6.42 Å². The number of ether oxygens (including phenoxy) is 1. The topological polar surface area (TPSA) is 76.3 Å². The highest BCUT2D eigenvalue weighted by molar-refractivity contribution is 5.42. The van der Waals surface area contributed by atoms with Crippen LogP contribution in [0.5, 0.6) is 5.88 Å². The summed E-state index contributed by atoms with van der Waals surface area (Å²) in [6, 6.07) is 1.79. The van der Waals surface area contributed by atoms with Gasteiger partial charge in [-0.15, -0.1) is 0 Å². The maximum absolute atomic E-state index is 5.66. The third-order valence-corrected chi connectivity index (χ3v) is 3.18. The van der Waals surface area contributed by atoms with Crippen molar-refractivity contribution in [1.29, 1.82) is 0 Å². The molecular formula is C13H23N5O. The Labute approximate surface area is 114 Å². The summed E-state index contributed by atoms with van der Waals surface area (Å²) in [5.41, 5.74) is 5.65. The molecule has 6 nitrogen and oxygen atoms in total. The third-order valence-electron chi connectivity index (χ3n) is 3.18. The first-order valence-corrected chi connectivity index (χ1v) is 7.01. The standard InChI is InChI=1S/C13H23N5O/c1-2-15-11-10-12(17-13(14)16-11)19-9-8-18-6-4-3-5-7-18/h10H,2-9H2,1H3,(H3,14,15,16,17). The van der Waals surface area contributed by atoms with Gasteiger partial charge in [-0.25, -0.2) is 0 Å². The Kier molecular flexibility index (Phi) is 5.20. The average Bonchev–Trinajstić information content (AvgIpc) is 2.40. The lowest BCUT2D eigenvalue weighted by atomic mass is 10.1. The van der Waals surface area contributed by atoms with Gasteiger partial charge in [-0.2, -0.15) is 9.97 Å². The average molecular weight is 265 g/mol. The summed E-state index contributed by atoms with van der Waals surface area (Å²) in [7, 11) is 0. The molecule has 1 aromatic heterocycles. The van der Waals surface area contributed by atoms with E-state index in [2.05, 4.69) is 20.2 Å². The van der Waals surface area contributed by atoms with Crippen molar-refractivity contribution >= 4 is 11.8 Å². The molecule has 0 saturated carbocycles. The Balaban J connectivity index is 1.81. The van der Waals surface area contributed by atoms with E-state index in [1.807, 2.05) is 6.92 Å². The molecule has 1 aromatic rings.